The average molecular weight is 279 g/mol. The van der Waals surface area contributed by atoms with Crippen LogP contribution in [0, 0.1) is 5.92 Å². The van der Waals surface area contributed by atoms with Crippen molar-refractivity contribution in [1.82, 2.24) is 5.32 Å². The molecular formula is C15H21NO4. The van der Waals surface area contributed by atoms with Crippen molar-refractivity contribution in [3.8, 4) is 5.75 Å². The third-order valence-electron chi connectivity index (χ3n) is 2.66. The van der Waals surface area contributed by atoms with Gasteiger partial charge in [0, 0.05) is 11.6 Å². The van der Waals surface area contributed by atoms with E-state index in [-0.39, 0.29) is 11.9 Å². The van der Waals surface area contributed by atoms with E-state index >= 15 is 0 Å². The van der Waals surface area contributed by atoms with Crippen molar-refractivity contribution in [1.29, 1.82) is 0 Å². The van der Waals surface area contributed by atoms with Gasteiger partial charge in [0.1, 0.15) is 5.75 Å². The highest BCUT2D eigenvalue weighted by atomic mass is 16.5. The van der Waals surface area contributed by atoms with Crippen molar-refractivity contribution in [3.63, 3.8) is 0 Å². The first-order valence-corrected chi connectivity index (χ1v) is 6.64. The third kappa shape index (κ3) is 5.73. The quantitative estimate of drug-likeness (QED) is 0.803. The summed E-state index contributed by atoms with van der Waals surface area (Å²) in [6.45, 7) is 5.74. The second-order valence-electron chi connectivity index (χ2n) is 5.21. The first-order valence-electron chi connectivity index (χ1n) is 6.64. The second kappa shape index (κ2) is 7.53. The number of ether oxygens (including phenoxy) is 1. The van der Waals surface area contributed by atoms with Gasteiger partial charge >= 0.3 is 5.97 Å². The lowest BCUT2D eigenvalue weighted by Gasteiger charge is -2.16. The Morgan fingerprint density at radius 2 is 2.00 bits per heavy atom. The van der Waals surface area contributed by atoms with E-state index in [1.165, 1.54) is 0 Å². The Bertz CT molecular complexity index is 471. The van der Waals surface area contributed by atoms with Crippen LogP contribution in [-0.2, 0) is 4.79 Å². The van der Waals surface area contributed by atoms with Gasteiger partial charge < -0.3 is 15.2 Å². The van der Waals surface area contributed by atoms with Crippen molar-refractivity contribution in [2.24, 2.45) is 5.92 Å². The molecule has 0 radical (unpaired) electrons. The molecule has 0 saturated carbocycles. The molecule has 0 saturated heterocycles. The molecule has 0 fully saturated rings. The summed E-state index contributed by atoms with van der Waals surface area (Å²) in [6.07, 6.45) is 0.904. The van der Waals surface area contributed by atoms with Gasteiger partial charge in [0.25, 0.3) is 5.91 Å². The number of benzene rings is 1. The number of hydrogen-bond acceptors (Lipinski definition) is 3. The molecule has 110 valence electrons. The molecule has 1 rings (SSSR count). The first kappa shape index (κ1) is 16.0. The number of hydrogen-bond donors (Lipinski definition) is 2. The summed E-state index contributed by atoms with van der Waals surface area (Å²) in [5, 5.41) is 11.5. The maximum Gasteiger partial charge on any atom is 0.341 e. The lowest BCUT2D eigenvalue weighted by atomic mass is 10.0. The van der Waals surface area contributed by atoms with E-state index in [4.69, 9.17) is 9.84 Å². The van der Waals surface area contributed by atoms with Crippen LogP contribution < -0.4 is 10.1 Å². The highest BCUT2D eigenvalue weighted by molar-refractivity contribution is 5.94. The molecule has 0 heterocycles. The largest absolute Gasteiger partial charge is 0.482 e. The molecule has 1 aromatic carbocycles. The number of carbonyl (C=O) groups is 2. The van der Waals surface area contributed by atoms with Crippen molar-refractivity contribution in [2.75, 3.05) is 6.61 Å². The summed E-state index contributed by atoms with van der Waals surface area (Å²) in [7, 11) is 0. The van der Waals surface area contributed by atoms with Gasteiger partial charge in [-0.05, 0) is 37.5 Å². The molecule has 0 aliphatic rings. The Kier molecular flexibility index (Phi) is 6.03. The van der Waals surface area contributed by atoms with Crippen LogP contribution in [0.3, 0.4) is 0 Å². The minimum atomic E-state index is -1.05. The lowest BCUT2D eigenvalue weighted by Crippen LogP contribution is -2.33. The second-order valence-corrected chi connectivity index (χ2v) is 5.21. The summed E-state index contributed by atoms with van der Waals surface area (Å²) in [6, 6.07) is 6.59. The standard InChI is InChI=1S/C15H21NO4/c1-10(2)7-11(3)16-15(19)12-5-4-6-13(8-12)20-9-14(17)18/h4-6,8,10-11H,7,9H2,1-3H3,(H,16,19)(H,17,18). The Morgan fingerprint density at radius 3 is 2.60 bits per heavy atom. The van der Waals surface area contributed by atoms with E-state index < -0.39 is 12.6 Å². The SMILES string of the molecule is CC(C)CC(C)NC(=O)c1cccc(OCC(=O)O)c1. The van der Waals surface area contributed by atoms with E-state index in [1.807, 2.05) is 6.92 Å². The van der Waals surface area contributed by atoms with Crippen LogP contribution in [0.5, 0.6) is 5.75 Å². The summed E-state index contributed by atoms with van der Waals surface area (Å²) < 4.78 is 5.05. The zero-order chi connectivity index (χ0) is 15.1. The first-order chi connectivity index (χ1) is 9.38. The maximum atomic E-state index is 12.0. The van der Waals surface area contributed by atoms with Crippen LogP contribution in [0.25, 0.3) is 0 Å². The predicted molar refractivity (Wildman–Crippen MR) is 76.0 cm³/mol. The molecule has 1 atom stereocenters. The van der Waals surface area contributed by atoms with Gasteiger partial charge in [0.2, 0.25) is 0 Å². The van der Waals surface area contributed by atoms with Crippen LogP contribution >= 0.6 is 0 Å². The number of rotatable bonds is 7. The fraction of sp³-hybridized carbons (Fsp3) is 0.467. The number of carboxylic acids is 1. The van der Waals surface area contributed by atoms with Crippen molar-refractivity contribution in [2.45, 2.75) is 33.2 Å². The van der Waals surface area contributed by atoms with Crippen LogP contribution in [0.1, 0.15) is 37.6 Å². The number of carbonyl (C=O) groups excluding carboxylic acids is 1. The van der Waals surface area contributed by atoms with E-state index in [0.29, 0.717) is 17.2 Å². The maximum absolute atomic E-state index is 12.0. The molecule has 0 bridgehead atoms. The van der Waals surface area contributed by atoms with Crippen LogP contribution in [-0.4, -0.2) is 29.6 Å². The molecule has 5 nitrogen and oxygen atoms in total. The van der Waals surface area contributed by atoms with Gasteiger partial charge in [-0.15, -0.1) is 0 Å². The fourth-order valence-electron chi connectivity index (χ4n) is 1.95. The van der Waals surface area contributed by atoms with E-state index in [1.54, 1.807) is 24.3 Å². The van der Waals surface area contributed by atoms with Gasteiger partial charge in [-0.1, -0.05) is 19.9 Å². The highest BCUT2D eigenvalue weighted by Crippen LogP contribution is 2.14. The van der Waals surface area contributed by atoms with Crippen LogP contribution in [0.4, 0.5) is 0 Å². The van der Waals surface area contributed by atoms with E-state index in [0.717, 1.165) is 6.42 Å². The van der Waals surface area contributed by atoms with E-state index in [9.17, 15) is 9.59 Å². The van der Waals surface area contributed by atoms with Crippen molar-refractivity contribution < 1.29 is 19.4 Å². The zero-order valence-corrected chi connectivity index (χ0v) is 12.1. The molecule has 0 aromatic heterocycles. The van der Waals surface area contributed by atoms with Gasteiger partial charge in [-0.3, -0.25) is 4.79 Å². The Morgan fingerprint density at radius 1 is 1.30 bits per heavy atom. The molecule has 0 spiro atoms. The molecule has 20 heavy (non-hydrogen) atoms. The molecule has 1 amide bonds. The Hall–Kier alpha value is -2.04. The summed E-state index contributed by atoms with van der Waals surface area (Å²) >= 11 is 0. The topological polar surface area (TPSA) is 75.6 Å². The molecule has 2 N–H and O–H groups in total. The highest BCUT2D eigenvalue weighted by Gasteiger charge is 2.12. The number of amides is 1. The minimum absolute atomic E-state index is 0.0890. The lowest BCUT2D eigenvalue weighted by molar-refractivity contribution is -0.139. The Balaban J connectivity index is 2.64. The van der Waals surface area contributed by atoms with Gasteiger partial charge in [0.15, 0.2) is 6.61 Å². The normalized spacial score (nSPS) is 12.0. The fourth-order valence-corrected chi connectivity index (χ4v) is 1.95. The molecule has 5 heteroatoms. The van der Waals surface area contributed by atoms with Gasteiger partial charge in [0.05, 0.1) is 0 Å². The molecule has 0 aliphatic carbocycles. The molecule has 1 aromatic rings. The third-order valence-corrected chi connectivity index (χ3v) is 2.66. The Labute approximate surface area is 118 Å². The zero-order valence-electron chi connectivity index (χ0n) is 12.1. The number of aliphatic carboxylic acids is 1. The number of carboxylic acid groups (broad SMARTS) is 1. The molecule has 1 unspecified atom stereocenters. The average Bonchev–Trinajstić information content (AvgIpc) is 2.35. The van der Waals surface area contributed by atoms with Gasteiger partial charge in [-0.25, -0.2) is 4.79 Å². The van der Waals surface area contributed by atoms with Crippen LogP contribution in [0.2, 0.25) is 0 Å². The molecular weight excluding hydrogens is 258 g/mol. The van der Waals surface area contributed by atoms with Crippen molar-refractivity contribution >= 4 is 11.9 Å². The molecule has 0 aliphatic heterocycles. The van der Waals surface area contributed by atoms with E-state index in [2.05, 4.69) is 19.2 Å². The summed E-state index contributed by atoms with van der Waals surface area (Å²) in [5.74, 6) is -0.351. The predicted octanol–water partition coefficient (Wildman–Crippen LogP) is 2.31. The minimum Gasteiger partial charge on any atom is -0.482 e. The monoisotopic (exact) mass is 279 g/mol. The smallest absolute Gasteiger partial charge is 0.341 e. The van der Waals surface area contributed by atoms with Gasteiger partial charge in [-0.2, -0.15) is 0 Å². The van der Waals surface area contributed by atoms with Crippen LogP contribution in [0.15, 0.2) is 24.3 Å². The summed E-state index contributed by atoms with van der Waals surface area (Å²) in [5.41, 5.74) is 0.462. The number of nitrogens with one attached hydrogen (secondary N) is 1. The van der Waals surface area contributed by atoms with Crippen molar-refractivity contribution in [3.05, 3.63) is 29.8 Å². The summed E-state index contributed by atoms with van der Waals surface area (Å²) in [4.78, 5) is 22.5.